The predicted molar refractivity (Wildman–Crippen MR) is 268 cm³/mol. The number of benzene rings is 9. The fraction of sp³-hybridized carbons (Fsp3) is 0.0877. The Morgan fingerprint density at radius 1 is 0.410 bits per heavy atom. The van der Waals surface area contributed by atoms with Gasteiger partial charge >= 0.3 is 37.9 Å². The van der Waals surface area contributed by atoms with Crippen molar-refractivity contribution < 1.29 is 20.8 Å². The maximum absolute atomic E-state index is 4.93. The van der Waals surface area contributed by atoms with Crippen molar-refractivity contribution in [3.05, 3.63) is 211 Å². The minimum atomic E-state index is -0.826. The van der Waals surface area contributed by atoms with Crippen LogP contribution >= 0.6 is 17.0 Å². The summed E-state index contributed by atoms with van der Waals surface area (Å²) in [6, 6.07) is 72.8. The molecule has 0 aliphatic rings. The second-order valence-electron chi connectivity index (χ2n) is 15.1. The first-order valence-electron chi connectivity index (χ1n) is 20.9. The van der Waals surface area contributed by atoms with Crippen molar-refractivity contribution in [1.29, 1.82) is 0 Å². The fourth-order valence-electron chi connectivity index (χ4n) is 8.65. The summed E-state index contributed by atoms with van der Waals surface area (Å²) >= 11 is -0.826. The SMILES string of the molecule is CCc1cc2c(-c3c4ccccc4cc4ccccc34)cccc2[cH-]1.CCc1cc2c(-c3c4ccccc4cc4ccccc34)cccc2[cH-]1.C[Si]c1ccccc1.[Cl][Zr+2][Cl]. The molecule has 0 amide bonds. The van der Waals surface area contributed by atoms with Crippen molar-refractivity contribution in [3.63, 3.8) is 0 Å². The molecule has 0 nitrogen and oxygen atoms in total. The zero-order chi connectivity index (χ0) is 42.1. The molecule has 0 N–H and O–H groups in total. The van der Waals surface area contributed by atoms with E-state index in [2.05, 4.69) is 215 Å². The van der Waals surface area contributed by atoms with E-state index in [1.807, 2.05) is 6.07 Å². The van der Waals surface area contributed by atoms with Gasteiger partial charge in [-0.2, -0.15) is 12.1 Å². The summed E-state index contributed by atoms with van der Waals surface area (Å²) in [7, 11) is 10.8. The van der Waals surface area contributed by atoms with Gasteiger partial charge in [-0.05, 0) is 79.2 Å². The van der Waals surface area contributed by atoms with Crippen LogP contribution in [0, 0.1) is 0 Å². The van der Waals surface area contributed by atoms with Gasteiger partial charge in [0, 0.05) is 0 Å². The Balaban J connectivity index is 0.000000136. The molecular weight excluding hydrogens is 875 g/mol. The van der Waals surface area contributed by atoms with Crippen LogP contribution in [-0.2, 0) is 33.7 Å². The Kier molecular flexibility index (Phi) is 14.1. The Morgan fingerprint density at radius 2 is 0.754 bits per heavy atom. The Hall–Kier alpha value is -5.08. The molecule has 4 heteroatoms. The van der Waals surface area contributed by atoms with E-state index in [0.717, 1.165) is 22.4 Å². The van der Waals surface area contributed by atoms with Crippen LogP contribution in [0.15, 0.2) is 200 Å². The van der Waals surface area contributed by atoms with Gasteiger partial charge in [0.2, 0.25) is 0 Å². The molecule has 296 valence electrons. The Morgan fingerprint density at radius 3 is 1.08 bits per heavy atom. The summed E-state index contributed by atoms with van der Waals surface area (Å²) in [5, 5.41) is 17.4. The van der Waals surface area contributed by atoms with Gasteiger partial charge in [-0.3, -0.25) is 0 Å². The van der Waals surface area contributed by atoms with E-state index in [-0.39, 0.29) is 0 Å². The molecule has 61 heavy (non-hydrogen) atoms. The molecule has 0 spiro atoms. The molecule has 0 aromatic heterocycles. The van der Waals surface area contributed by atoms with Gasteiger partial charge in [-0.15, -0.1) is 69.1 Å². The monoisotopic (exact) mass is 918 g/mol. The summed E-state index contributed by atoms with van der Waals surface area (Å²) in [4.78, 5) is 0. The second kappa shape index (κ2) is 20.2. The summed E-state index contributed by atoms with van der Waals surface area (Å²) in [5.74, 6) is 0. The van der Waals surface area contributed by atoms with E-state index in [1.54, 1.807) is 0 Å². The molecule has 0 unspecified atom stereocenters. The topological polar surface area (TPSA) is 0 Å². The van der Waals surface area contributed by atoms with Gasteiger partial charge in [0.1, 0.15) is 0 Å². The number of hydrogen-bond donors (Lipinski definition) is 0. The first-order chi connectivity index (χ1) is 30.0. The minimum absolute atomic E-state index is 0.826. The third kappa shape index (κ3) is 9.25. The van der Waals surface area contributed by atoms with Crippen molar-refractivity contribution in [1.82, 2.24) is 0 Å². The third-order valence-electron chi connectivity index (χ3n) is 11.6. The Bertz CT molecular complexity index is 2910. The predicted octanol–water partition coefficient (Wildman–Crippen LogP) is 16.6. The number of halogens is 2. The van der Waals surface area contributed by atoms with Crippen molar-refractivity contribution in [2.45, 2.75) is 33.2 Å². The molecule has 0 saturated heterocycles. The molecule has 11 aromatic carbocycles. The van der Waals surface area contributed by atoms with Crippen LogP contribution in [0.5, 0.6) is 0 Å². The Labute approximate surface area is 381 Å². The molecular formula is C57H46Cl2SiZr. The van der Waals surface area contributed by atoms with Crippen molar-refractivity contribution in [2.75, 3.05) is 0 Å². The first kappa shape index (κ1) is 42.6. The average molecular weight is 921 g/mol. The van der Waals surface area contributed by atoms with E-state index in [9.17, 15) is 0 Å². The molecule has 11 rings (SSSR count). The summed E-state index contributed by atoms with van der Waals surface area (Å²) in [5.41, 5.74) is 8.20. The molecule has 0 aliphatic carbocycles. The summed E-state index contributed by atoms with van der Waals surface area (Å²) in [6.45, 7) is 6.64. The van der Waals surface area contributed by atoms with Crippen LogP contribution in [-0.4, -0.2) is 9.52 Å². The van der Waals surface area contributed by atoms with E-state index >= 15 is 0 Å². The van der Waals surface area contributed by atoms with Gasteiger partial charge in [0.25, 0.3) is 0 Å². The van der Waals surface area contributed by atoms with E-state index in [4.69, 9.17) is 17.0 Å². The van der Waals surface area contributed by atoms with Crippen LogP contribution in [0.25, 0.3) is 86.9 Å². The maximum atomic E-state index is 4.93. The second-order valence-corrected chi connectivity index (χ2v) is 19.9. The van der Waals surface area contributed by atoms with E-state index in [1.165, 1.54) is 103 Å². The molecule has 2 radical (unpaired) electrons. The van der Waals surface area contributed by atoms with E-state index in [0.29, 0.717) is 0 Å². The van der Waals surface area contributed by atoms with Crippen LogP contribution in [0.4, 0.5) is 0 Å². The van der Waals surface area contributed by atoms with Gasteiger partial charge < -0.3 is 0 Å². The standard InChI is InChI=1S/2C25H19.C7H8Si.2ClH.Zr/c2*1-2-17-14-18-10-7-13-23(24(18)15-17)25-21-11-5-3-8-19(21)16-20-9-4-6-12-22(20)25;1-8-7-5-3-2-4-6-7;;;/h2*3-16H,2H2,1H3;2-6H,1H3;2*1H;/q2*-1;;;;+4/p-2. The van der Waals surface area contributed by atoms with Crippen LogP contribution in [0.3, 0.4) is 0 Å². The van der Waals surface area contributed by atoms with Crippen LogP contribution in [0.2, 0.25) is 6.55 Å². The molecule has 0 aliphatic heterocycles. The number of rotatable bonds is 5. The summed E-state index contributed by atoms with van der Waals surface area (Å²) in [6.07, 6.45) is 2.15. The quantitative estimate of drug-likeness (QED) is 0.0917. The fourth-order valence-corrected chi connectivity index (χ4v) is 9.18. The van der Waals surface area contributed by atoms with Crippen molar-refractivity contribution in [2.24, 2.45) is 0 Å². The molecule has 0 heterocycles. The number of fused-ring (bicyclic) bond motifs is 6. The van der Waals surface area contributed by atoms with Crippen LogP contribution < -0.4 is 5.19 Å². The molecule has 0 saturated carbocycles. The zero-order valence-electron chi connectivity index (χ0n) is 34.7. The molecule has 0 fully saturated rings. The van der Waals surface area contributed by atoms with Crippen molar-refractivity contribution in [3.8, 4) is 22.3 Å². The van der Waals surface area contributed by atoms with Gasteiger partial charge in [0.05, 0.1) is 9.52 Å². The zero-order valence-corrected chi connectivity index (χ0v) is 39.7. The molecule has 11 aromatic rings. The first-order valence-corrected chi connectivity index (χ1v) is 28.8. The molecule has 0 bridgehead atoms. The number of hydrogen-bond acceptors (Lipinski definition) is 0. The van der Waals surface area contributed by atoms with Gasteiger partial charge in [-0.1, -0.05) is 176 Å². The van der Waals surface area contributed by atoms with Crippen LogP contribution in [0.1, 0.15) is 25.0 Å². The summed E-state index contributed by atoms with van der Waals surface area (Å²) < 4.78 is 0. The van der Waals surface area contributed by atoms with E-state index < -0.39 is 20.8 Å². The van der Waals surface area contributed by atoms with Gasteiger partial charge in [-0.25, -0.2) is 0 Å². The van der Waals surface area contributed by atoms with Crippen molar-refractivity contribution >= 4 is 96.4 Å². The average Bonchev–Trinajstić information content (AvgIpc) is 3.96. The van der Waals surface area contributed by atoms with Gasteiger partial charge in [0.15, 0.2) is 0 Å². The molecule has 0 atom stereocenters. The third-order valence-corrected chi connectivity index (χ3v) is 12.5. The normalized spacial score (nSPS) is 10.8. The number of aryl methyl sites for hydroxylation is 2.